The number of hydrogen-bond acceptors (Lipinski definition) is 3. The van der Waals surface area contributed by atoms with Gasteiger partial charge in [-0.25, -0.2) is 4.68 Å². The number of nitrogens with one attached hydrogen (secondary N) is 1. The fraction of sp³-hybridized carbons (Fsp3) is 0.538. The summed E-state index contributed by atoms with van der Waals surface area (Å²) in [6, 6.07) is 10.2. The van der Waals surface area contributed by atoms with Gasteiger partial charge in [0.15, 0.2) is 0 Å². The number of para-hydroxylation sites is 1. The van der Waals surface area contributed by atoms with Crippen LogP contribution in [0.4, 0.5) is 0 Å². The molecule has 2 aliphatic rings. The van der Waals surface area contributed by atoms with Crippen LogP contribution in [0.3, 0.4) is 0 Å². The molecule has 4 rings (SSSR count). The first-order chi connectivity index (χ1) is 8.40. The van der Waals surface area contributed by atoms with E-state index < -0.39 is 0 Å². The fourth-order valence-electron chi connectivity index (χ4n) is 3.38. The van der Waals surface area contributed by atoms with Crippen molar-refractivity contribution in [1.29, 1.82) is 0 Å². The third kappa shape index (κ3) is 1.47. The Morgan fingerprint density at radius 3 is 2.71 bits per heavy atom. The number of hydrogen-bond donors (Lipinski definition) is 1. The van der Waals surface area contributed by atoms with Crippen molar-refractivity contribution < 1.29 is 0 Å². The van der Waals surface area contributed by atoms with Crippen LogP contribution in [0.15, 0.2) is 24.3 Å². The van der Waals surface area contributed by atoms with Crippen LogP contribution in [-0.2, 0) is 0 Å². The lowest BCUT2D eigenvalue weighted by atomic mass is 10.00. The van der Waals surface area contributed by atoms with Crippen molar-refractivity contribution >= 4 is 11.0 Å². The maximum absolute atomic E-state index is 4.35. The van der Waals surface area contributed by atoms with E-state index in [0.717, 1.165) is 5.52 Å². The van der Waals surface area contributed by atoms with Crippen molar-refractivity contribution in [2.75, 3.05) is 0 Å². The highest BCUT2D eigenvalue weighted by atomic mass is 15.4. The van der Waals surface area contributed by atoms with Gasteiger partial charge in [0.05, 0.1) is 11.6 Å². The van der Waals surface area contributed by atoms with Crippen molar-refractivity contribution in [3.8, 4) is 0 Å². The molecule has 3 heterocycles. The van der Waals surface area contributed by atoms with Gasteiger partial charge in [-0.3, -0.25) is 0 Å². The van der Waals surface area contributed by atoms with E-state index >= 15 is 0 Å². The minimum absolute atomic E-state index is 0.529. The van der Waals surface area contributed by atoms with E-state index in [4.69, 9.17) is 0 Å². The Morgan fingerprint density at radius 2 is 1.88 bits per heavy atom. The molecule has 0 aliphatic carbocycles. The topological polar surface area (TPSA) is 42.7 Å². The van der Waals surface area contributed by atoms with E-state index in [2.05, 4.69) is 32.4 Å². The fourth-order valence-corrected chi connectivity index (χ4v) is 3.38. The minimum atomic E-state index is 0.529. The summed E-state index contributed by atoms with van der Waals surface area (Å²) in [5.41, 5.74) is 2.19. The highest BCUT2D eigenvalue weighted by molar-refractivity contribution is 5.73. The van der Waals surface area contributed by atoms with Crippen LogP contribution in [0, 0.1) is 0 Å². The van der Waals surface area contributed by atoms with Gasteiger partial charge in [-0.15, -0.1) is 5.10 Å². The second-order valence-corrected chi connectivity index (χ2v) is 5.29. The standard InChI is InChI=1S/C13H16N4/c1-2-4-13-12(3-1)15-16-17(13)11-7-9-5-6-10(8-11)14-9/h1-4,9-11,14H,5-8H2. The summed E-state index contributed by atoms with van der Waals surface area (Å²) >= 11 is 0. The molecule has 0 spiro atoms. The monoisotopic (exact) mass is 228 g/mol. The van der Waals surface area contributed by atoms with Crippen LogP contribution in [0.1, 0.15) is 31.7 Å². The summed E-state index contributed by atoms with van der Waals surface area (Å²) < 4.78 is 2.14. The lowest BCUT2D eigenvalue weighted by Gasteiger charge is -2.29. The molecule has 88 valence electrons. The molecule has 2 aromatic rings. The maximum Gasteiger partial charge on any atom is 0.113 e. The van der Waals surface area contributed by atoms with Gasteiger partial charge in [0.25, 0.3) is 0 Å². The number of rotatable bonds is 1. The van der Waals surface area contributed by atoms with Crippen LogP contribution in [0.25, 0.3) is 11.0 Å². The van der Waals surface area contributed by atoms with Gasteiger partial charge in [-0.05, 0) is 37.8 Å². The summed E-state index contributed by atoms with van der Waals surface area (Å²) in [6.07, 6.45) is 5.05. The highest BCUT2D eigenvalue weighted by Crippen LogP contribution is 2.34. The van der Waals surface area contributed by atoms with E-state index in [0.29, 0.717) is 18.1 Å². The normalized spacial score (nSPS) is 32.1. The SMILES string of the molecule is c1ccc2c(c1)nnn2C1CC2CCC(C1)N2. The average Bonchev–Trinajstić information content (AvgIpc) is 2.93. The number of aromatic nitrogens is 3. The molecule has 2 saturated heterocycles. The van der Waals surface area contributed by atoms with Crippen molar-refractivity contribution in [1.82, 2.24) is 20.3 Å². The van der Waals surface area contributed by atoms with E-state index in [9.17, 15) is 0 Å². The molecule has 1 aromatic carbocycles. The molecule has 0 radical (unpaired) electrons. The molecule has 1 aromatic heterocycles. The van der Waals surface area contributed by atoms with E-state index in [1.807, 2.05) is 12.1 Å². The van der Waals surface area contributed by atoms with Crippen LogP contribution in [0.5, 0.6) is 0 Å². The molecular weight excluding hydrogens is 212 g/mol. The average molecular weight is 228 g/mol. The molecule has 4 heteroatoms. The number of piperidine rings is 1. The van der Waals surface area contributed by atoms with Gasteiger partial charge in [-0.1, -0.05) is 17.3 Å². The van der Waals surface area contributed by atoms with Gasteiger partial charge in [0.1, 0.15) is 5.52 Å². The molecular formula is C13H16N4. The van der Waals surface area contributed by atoms with Gasteiger partial charge < -0.3 is 5.32 Å². The first kappa shape index (κ1) is 9.59. The zero-order valence-corrected chi connectivity index (χ0v) is 9.71. The summed E-state index contributed by atoms with van der Waals surface area (Å²) in [7, 11) is 0. The van der Waals surface area contributed by atoms with Crippen LogP contribution in [0.2, 0.25) is 0 Å². The molecule has 2 bridgehead atoms. The Hall–Kier alpha value is -1.42. The summed E-state index contributed by atoms with van der Waals surface area (Å²) in [6.45, 7) is 0. The minimum Gasteiger partial charge on any atom is -0.311 e. The molecule has 0 amide bonds. The molecule has 4 nitrogen and oxygen atoms in total. The second kappa shape index (κ2) is 3.53. The lowest BCUT2D eigenvalue weighted by molar-refractivity contribution is 0.283. The summed E-state index contributed by atoms with van der Waals surface area (Å²) in [4.78, 5) is 0. The summed E-state index contributed by atoms with van der Waals surface area (Å²) in [5, 5.41) is 12.3. The number of nitrogens with zero attached hydrogens (tertiary/aromatic N) is 3. The van der Waals surface area contributed by atoms with E-state index in [-0.39, 0.29) is 0 Å². The molecule has 2 aliphatic heterocycles. The smallest absolute Gasteiger partial charge is 0.113 e. The van der Waals surface area contributed by atoms with Crippen LogP contribution in [-0.4, -0.2) is 27.1 Å². The highest BCUT2D eigenvalue weighted by Gasteiger charge is 2.35. The third-order valence-corrected chi connectivity index (χ3v) is 4.17. The lowest BCUT2D eigenvalue weighted by Crippen LogP contribution is -2.39. The predicted octanol–water partition coefficient (Wildman–Crippen LogP) is 1.89. The Morgan fingerprint density at radius 1 is 1.12 bits per heavy atom. The van der Waals surface area contributed by atoms with E-state index in [1.54, 1.807) is 0 Å². The Kier molecular flexibility index (Phi) is 1.99. The van der Waals surface area contributed by atoms with E-state index in [1.165, 1.54) is 31.2 Å². The van der Waals surface area contributed by atoms with Crippen molar-refractivity contribution in [3.05, 3.63) is 24.3 Å². The first-order valence-electron chi connectivity index (χ1n) is 6.46. The number of fused-ring (bicyclic) bond motifs is 3. The largest absolute Gasteiger partial charge is 0.311 e. The Labute approximate surface area is 100 Å². The Balaban J connectivity index is 1.74. The molecule has 2 atom stereocenters. The first-order valence-corrected chi connectivity index (χ1v) is 6.46. The van der Waals surface area contributed by atoms with Crippen LogP contribution >= 0.6 is 0 Å². The summed E-state index contributed by atoms with van der Waals surface area (Å²) in [5.74, 6) is 0. The zero-order valence-electron chi connectivity index (χ0n) is 9.71. The van der Waals surface area contributed by atoms with Gasteiger partial charge in [-0.2, -0.15) is 0 Å². The molecule has 1 N–H and O–H groups in total. The molecule has 2 unspecified atom stereocenters. The third-order valence-electron chi connectivity index (χ3n) is 4.17. The second-order valence-electron chi connectivity index (χ2n) is 5.29. The quantitative estimate of drug-likeness (QED) is 0.810. The van der Waals surface area contributed by atoms with Gasteiger partial charge in [0, 0.05) is 12.1 Å². The van der Waals surface area contributed by atoms with Gasteiger partial charge in [0.2, 0.25) is 0 Å². The molecule has 2 fully saturated rings. The van der Waals surface area contributed by atoms with Crippen LogP contribution < -0.4 is 5.32 Å². The Bertz CT molecular complexity index is 535. The van der Waals surface area contributed by atoms with Gasteiger partial charge >= 0.3 is 0 Å². The molecule has 17 heavy (non-hydrogen) atoms. The number of benzene rings is 1. The van der Waals surface area contributed by atoms with Crippen molar-refractivity contribution in [2.45, 2.75) is 43.8 Å². The molecule has 0 saturated carbocycles. The van der Waals surface area contributed by atoms with Crippen molar-refractivity contribution in [2.24, 2.45) is 0 Å². The zero-order chi connectivity index (χ0) is 11.2. The predicted molar refractivity (Wildman–Crippen MR) is 65.7 cm³/mol. The van der Waals surface area contributed by atoms with Crippen molar-refractivity contribution in [3.63, 3.8) is 0 Å². The maximum atomic E-state index is 4.35.